The molecule has 1 heterocycles. The number of imide groups is 1. The van der Waals surface area contributed by atoms with Gasteiger partial charge in [-0.05, 0) is 33.6 Å². The van der Waals surface area contributed by atoms with Crippen molar-refractivity contribution in [3.8, 4) is 0 Å². The second-order valence-corrected chi connectivity index (χ2v) is 7.38. The predicted molar refractivity (Wildman–Crippen MR) is 89.7 cm³/mol. The molecule has 0 spiro atoms. The number of hydrogen-bond acceptors (Lipinski definition) is 7. The first-order chi connectivity index (χ1) is 11.2. The average molecular weight is 359 g/mol. The van der Waals surface area contributed by atoms with Gasteiger partial charge in [0.25, 0.3) is 11.8 Å². The lowest BCUT2D eigenvalue weighted by Gasteiger charge is -2.19. The van der Waals surface area contributed by atoms with Gasteiger partial charge in [0, 0.05) is 38.2 Å². The van der Waals surface area contributed by atoms with Crippen LogP contribution in [-0.4, -0.2) is 52.5 Å². The molecule has 1 rings (SSSR count). The number of rotatable bonds is 10. The second-order valence-electron chi connectivity index (χ2n) is 6.26. The zero-order valence-corrected chi connectivity index (χ0v) is 15.1. The van der Waals surface area contributed by atoms with Crippen LogP contribution >= 0.6 is 0 Å². The summed E-state index contributed by atoms with van der Waals surface area (Å²) in [7, 11) is 0. The monoisotopic (exact) mass is 359 g/mol. The molecule has 2 N–H and O–H groups in total. The summed E-state index contributed by atoms with van der Waals surface area (Å²) in [5, 5.41) is 0. The Hall–Kier alpha value is -1.42. The molecule has 0 aliphatic carbocycles. The molecule has 0 aromatic rings. The first-order valence-electron chi connectivity index (χ1n) is 7.83. The molecule has 1 aliphatic rings. The van der Waals surface area contributed by atoms with Crippen molar-refractivity contribution in [3.63, 3.8) is 0 Å². The van der Waals surface area contributed by atoms with E-state index in [0.717, 1.165) is 4.90 Å². The maximum atomic E-state index is 11.7. The fourth-order valence-corrected chi connectivity index (χ4v) is 2.66. The molecule has 1 atom stereocenters. The molecule has 0 saturated heterocycles. The largest absolute Gasteiger partial charge is 0.579 e. The molecular formula is C15H25N3O5S. The normalized spacial score (nSPS) is 15.9. The number of nitrogens with one attached hydrogen (secondary N) is 2. The summed E-state index contributed by atoms with van der Waals surface area (Å²) >= 11 is -1.43. The zero-order valence-electron chi connectivity index (χ0n) is 14.3. The average Bonchev–Trinajstić information content (AvgIpc) is 2.77. The molecule has 136 valence electrons. The van der Waals surface area contributed by atoms with E-state index in [1.807, 2.05) is 20.8 Å². The highest BCUT2D eigenvalue weighted by atomic mass is 32.2. The fraction of sp³-hybridized carbons (Fsp3) is 0.667. The van der Waals surface area contributed by atoms with Gasteiger partial charge in [-0.3, -0.25) is 19.3 Å². The maximum Gasteiger partial charge on any atom is 0.306 e. The summed E-state index contributed by atoms with van der Waals surface area (Å²) in [5.41, 5.74) is -0.498. The topological polar surface area (TPSA) is 111 Å². The number of hydrogen-bond donors (Lipinski definition) is 2. The Morgan fingerprint density at radius 2 is 1.71 bits per heavy atom. The SMILES string of the molecule is CC(C)(C)OC(=O)CCCN[S+]([O-])NCCCN1C(=O)C=CC1=O. The highest BCUT2D eigenvalue weighted by molar-refractivity contribution is 7.87. The number of amides is 2. The molecule has 9 heteroatoms. The first kappa shape index (κ1) is 20.6. The molecule has 0 fully saturated rings. The van der Waals surface area contributed by atoms with Crippen LogP contribution in [0.2, 0.25) is 0 Å². The van der Waals surface area contributed by atoms with E-state index in [2.05, 4.69) is 9.44 Å². The molecule has 24 heavy (non-hydrogen) atoms. The van der Waals surface area contributed by atoms with Crippen molar-refractivity contribution in [2.45, 2.75) is 45.6 Å². The third-order valence-corrected chi connectivity index (χ3v) is 3.84. The van der Waals surface area contributed by atoms with Gasteiger partial charge < -0.3 is 9.29 Å². The van der Waals surface area contributed by atoms with Gasteiger partial charge in [0.2, 0.25) is 0 Å². The van der Waals surface area contributed by atoms with E-state index in [4.69, 9.17) is 4.74 Å². The number of carbonyl (C=O) groups is 3. The van der Waals surface area contributed by atoms with Gasteiger partial charge in [0.1, 0.15) is 17.1 Å². The van der Waals surface area contributed by atoms with Crippen LogP contribution in [0.4, 0.5) is 0 Å². The van der Waals surface area contributed by atoms with Crippen molar-refractivity contribution < 1.29 is 23.7 Å². The van der Waals surface area contributed by atoms with Gasteiger partial charge in [-0.2, -0.15) is 0 Å². The standard InChI is InChI=1S/C15H25N3O5S/c1-15(2,3)23-14(21)6-4-9-16-24(22)17-10-5-11-18-12(19)7-8-13(18)20/h7-8,16-17H,4-6,9-11H2,1-3H3. The van der Waals surface area contributed by atoms with E-state index in [0.29, 0.717) is 25.9 Å². The summed E-state index contributed by atoms with van der Waals surface area (Å²) in [6.45, 7) is 6.51. The molecular weight excluding hydrogens is 334 g/mol. The van der Waals surface area contributed by atoms with Crippen LogP contribution in [-0.2, 0) is 30.7 Å². The highest BCUT2D eigenvalue weighted by Gasteiger charge is 2.22. The van der Waals surface area contributed by atoms with Crippen molar-refractivity contribution >= 4 is 29.3 Å². The van der Waals surface area contributed by atoms with E-state index in [9.17, 15) is 18.9 Å². The zero-order chi connectivity index (χ0) is 18.2. The minimum atomic E-state index is -1.43. The number of carbonyl (C=O) groups excluding carboxylic acids is 3. The molecule has 1 unspecified atom stereocenters. The minimum absolute atomic E-state index is 0.258. The fourth-order valence-electron chi connectivity index (χ4n) is 1.89. The molecule has 2 amide bonds. The summed E-state index contributed by atoms with van der Waals surface area (Å²) in [6, 6.07) is 0. The quantitative estimate of drug-likeness (QED) is 0.248. The lowest BCUT2D eigenvalue weighted by Crippen LogP contribution is -2.39. The number of esters is 1. The molecule has 0 aromatic heterocycles. The summed E-state index contributed by atoms with van der Waals surface area (Å²) in [6.07, 6.45) is 3.75. The molecule has 8 nitrogen and oxygen atoms in total. The van der Waals surface area contributed by atoms with E-state index in [1.54, 1.807) is 0 Å². The lowest BCUT2D eigenvalue weighted by molar-refractivity contribution is -0.154. The minimum Gasteiger partial charge on any atom is -0.579 e. The Labute approximate surface area is 145 Å². The first-order valence-corrected chi connectivity index (χ1v) is 8.98. The molecule has 0 saturated carbocycles. The molecule has 0 bridgehead atoms. The van der Waals surface area contributed by atoms with Crippen LogP contribution in [0.5, 0.6) is 0 Å². The predicted octanol–water partition coefficient (Wildman–Crippen LogP) is 0.181. The number of nitrogens with zero attached hydrogens (tertiary/aromatic N) is 1. The maximum absolute atomic E-state index is 11.7. The second kappa shape index (κ2) is 9.77. The van der Waals surface area contributed by atoms with Crippen molar-refractivity contribution in [1.29, 1.82) is 0 Å². The third-order valence-electron chi connectivity index (χ3n) is 2.90. The van der Waals surface area contributed by atoms with Crippen LogP contribution in [0.25, 0.3) is 0 Å². The van der Waals surface area contributed by atoms with Gasteiger partial charge in [-0.1, -0.05) is 0 Å². The molecule has 0 radical (unpaired) electrons. The number of ether oxygens (including phenoxy) is 1. The summed E-state index contributed by atoms with van der Waals surface area (Å²) < 4.78 is 22.3. The van der Waals surface area contributed by atoms with Crippen molar-refractivity contribution in [2.75, 3.05) is 19.6 Å². The van der Waals surface area contributed by atoms with Crippen LogP contribution in [0, 0.1) is 0 Å². The molecule has 1 aliphatic heterocycles. The van der Waals surface area contributed by atoms with Crippen LogP contribution in [0.3, 0.4) is 0 Å². The van der Waals surface area contributed by atoms with Gasteiger partial charge in [0.05, 0.1) is 0 Å². The van der Waals surface area contributed by atoms with Crippen molar-refractivity contribution in [2.24, 2.45) is 0 Å². The Balaban J connectivity index is 2.02. The Morgan fingerprint density at radius 1 is 1.17 bits per heavy atom. The van der Waals surface area contributed by atoms with Crippen LogP contribution < -0.4 is 9.44 Å². The Morgan fingerprint density at radius 3 is 2.25 bits per heavy atom. The van der Waals surface area contributed by atoms with Crippen molar-refractivity contribution in [1.82, 2.24) is 14.3 Å². The smallest absolute Gasteiger partial charge is 0.306 e. The van der Waals surface area contributed by atoms with Crippen LogP contribution in [0.1, 0.15) is 40.0 Å². The van der Waals surface area contributed by atoms with Gasteiger partial charge >= 0.3 is 5.97 Å². The van der Waals surface area contributed by atoms with E-state index < -0.39 is 17.1 Å². The van der Waals surface area contributed by atoms with Gasteiger partial charge in [0.15, 0.2) is 0 Å². The van der Waals surface area contributed by atoms with E-state index >= 15 is 0 Å². The van der Waals surface area contributed by atoms with Crippen molar-refractivity contribution in [3.05, 3.63) is 12.2 Å². The Bertz CT molecular complexity index is 472. The summed E-state index contributed by atoms with van der Waals surface area (Å²) in [4.78, 5) is 35.3. The van der Waals surface area contributed by atoms with Gasteiger partial charge in [-0.15, -0.1) is 9.44 Å². The summed E-state index contributed by atoms with van der Waals surface area (Å²) in [5.74, 6) is -0.917. The van der Waals surface area contributed by atoms with Gasteiger partial charge in [-0.25, -0.2) is 0 Å². The van der Waals surface area contributed by atoms with E-state index in [-0.39, 0.29) is 30.7 Å². The molecule has 0 aromatic carbocycles. The third kappa shape index (κ3) is 8.44. The van der Waals surface area contributed by atoms with Crippen LogP contribution in [0.15, 0.2) is 12.2 Å². The lowest BCUT2D eigenvalue weighted by atomic mass is 10.2. The Kier molecular flexibility index (Phi) is 8.40. The van der Waals surface area contributed by atoms with E-state index in [1.165, 1.54) is 12.2 Å². The highest BCUT2D eigenvalue weighted by Crippen LogP contribution is 2.08.